The van der Waals surface area contributed by atoms with Crippen LogP contribution in [0.25, 0.3) is 10.9 Å². The van der Waals surface area contributed by atoms with Gasteiger partial charge in [0.25, 0.3) is 0 Å². The van der Waals surface area contributed by atoms with E-state index < -0.39 is 0 Å². The zero-order valence-electron chi connectivity index (χ0n) is 17.5. The predicted molar refractivity (Wildman–Crippen MR) is 127 cm³/mol. The number of hydrogen-bond acceptors (Lipinski definition) is 4. The van der Waals surface area contributed by atoms with Crippen LogP contribution < -0.4 is 10.1 Å². The van der Waals surface area contributed by atoms with Crippen LogP contribution in [0.3, 0.4) is 0 Å². The Labute approximate surface area is 187 Å². The van der Waals surface area contributed by atoms with E-state index in [0.717, 1.165) is 49.2 Å². The van der Waals surface area contributed by atoms with Crippen molar-refractivity contribution in [1.29, 1.82) is 0 Å². The van der Waals surface area contributed by atoms with Gasteiger partial charge >= 0.3 is 0 Å². The molecule has 0 unspecified atom stereocenters. The van der Waals surface area contributed by atoms with Crippen molar-refractivity contribution >= 4 is 53.0 Å². The first-order valence-electron chi connectivity index (χ1n) is 9.49. The topological polar surface area (TPSA) is 37.4 Å². The number of halogens is 3. The molecule has 0 aliphatic carbocycles. The van der Waals surface area contributed by atoms with Crippen LogP contribution in [0.5, 0.6) is 5.75 Å². The molecule has 0 aliphatic rings. The van der Waals surface area contributed by atoms with Gasteiger partial charge in [-0.2, -0.15) is 0 Å². The highest BCUT2D eigenvalue weighted by atomic mass is 35.5. The molecule has 0 fully saturated rings. The highest BCUT2D eigenvalue weighted by Crippen LogP contribution is 2.36. The van der Waals surface area contributed by atoms with Crippen molar-refractivity contribution in [2.75, 3.05) is 38.6 Å². The maximum Gasteiger partial charge on any atom is 0.140 e. The summed E-state index contributed by atoms with van der Waals surface area (Å²) in [6.45, 7) is 13.4. The van der Waals surface area contributed by atoms with E-state index in [1.165, 1.54) is 0 Å². The second-order valence-electron chi connectivity index (χ2n) is 7.67. The molecule has 1 heterocycles. The minimum atomic E-state index is 0. The third-order valence-electron chi connectivity index (χ3n) is 4.22. The Balaban J connectivity index is 0.00000364. The molecule has 1 aromatic carbocycles. The van der Waals surface area contributed by atoms with Gasteiger partial charge in [-0.25, -0.2) is 0 Å². The third-order valence-corrected chi connectivity index (χ3v) is 4.61. The molecule has 0 saturated heterocycles. The molecular formula is C21H34Cl3N3O. The van der Waals surface area contributed by atoms with E-state index in [9.17, 15) is 0 Å². The smallest absolute Gasteiger partial charge is 0.140 e. The number of fused-ring (bicyclic) bond motifs is 1. The van der Waals surface area contributed by atoms with Gasteiger partial charge in [-0.05, 0) is 36.9 Å². The van der Waals surface area contributed by atoms with Crippen LogP contribution in [0.2, 0.25) is 5.02 Å². The summed E-state index contributed by atoms with van der Waals surface area (Å²) in [5.74, 6) is 2.06. The fraction of sp³-hybridized carbons (Fsp3) is 0.571. The van der Waals surface area contributed by atoms with Crippen molar-refractivity contribution in [3.05, 3.63) is 29.4 Å². The lowest BCUT2D eigenvalue weighted by molar-refractivity contribution is 0.219. The number of ether oxygens (including phenoxy) is 1. The van der Waals surface area contributed by atoms with E-state index in [4.69, 9.17) is 16.3 Å². The van der Waals surface area contributed by atoms with Crippen LogP contribution in [-0.2, 0) is 0 Å². The lowest BCUT2D eigenvalue weighted by Crippen LogP contribution is -2.33. The first-order chi connectivity index (χ1) is 12.4. The zero-order valence-corrected chi connectivity index (χ0v) is 19.9. The Bertz CT molecular complexity index is 701. The standard InChI is InChI=1S/C21H32ClN3O.2ClH/c1-15(2)13-25(14-16(3)4)11-7-10-23-18-12-19(26-5)20(22)17-8-6-9-24-21(17)18;;/h6,8-9,12,15-16,23H,7,10-11,13-14H2,1-5H3;2*1H. The molecule has 0 spiro atoms. The summed E-state index contributed by atoms with van der Waals surface area (Å²) >= 11 is 6.41. The molecule has 1 N–H and O–H groups in total. The fourth-order valence-electron chi connectivity index (χ4n) is 3.29. The van der Waals surface area contributed by atoms with Crippen LogP contribution in [0, 0.1) is 11.8 Å². The van der Waals surface area contributed by atoms with Crippen molar-refractivity contribution in [2.24, 2.45) is 11.8 Å². The Morgan fingerprint density at radius 3 is 2.36 bits per heavy atom. The lowest BCUT2D eigenvalue weighted by Gasteiger charge is -2.26. The highest BCUT2D eigenvalue weighted by molar-refractivity contribution is 6.37. The molecule has 0 aliphatic heterocycles. The number of hydrogen-bond donors (Lipinski definition) is 1. The van der Waals surface area contributed by atoms with Crippen molar-refractivity contribution in [1.82, 2.24) is 9.88 Å². The Morgan fingerprint density at radius 1 is 1.14 bits per heavy atom. The van der Waals surface area contributed by atoms with Gasteiger partial charge in [0.05, 0.1) is 23.3 Å². The maximum atomic E-state index is 6.41. The van der Waals surface area contributed by atoms with Gasteiger partial charge in [0.15, 0.2) is 0 Å². The van der Waals surface area contributed by atoms with Gasteiger partial charge in [0, 0.05) is 37.3 Å². The summed E-state index contributed by atoms with van der Waals surface area (Å²) in [6, 6.07) is 5.82. The quantitative estimate of drug-likeness (QED) is 0.440. The Kier molecular flexibility index (Phi) is 12.9. The van der Waals surface area contributed by atoms with Crippen LogP contribution in [0.1, 0.15) is 34.1 Å². The molecule has 2 rings (SSSR count). The largest absolute Gasteiger partial charge is 0.495 e. The average Bonchev–Trinajstić information content (AvgIpc) is 2.59. The molecule has 28 heavy (non-hydrogen) atoms. The van der Waals surface area contributed by atoms with E-state index >= 15 is 0 Å². The van der Waals surface area contributed by atoms with E-state index in [0.29, 0.717) is 22.6 Å². The van der Waals surface area contributed by atoms with Crippen molar-refractivity contribution in [2.45, 2.75) is 34.1 Å². The molecule has 0 saturated carbocycles. The first-order valence-corrected chi connectivity index (χ1v) is 9.87. The fourth-order valence-corrected chi connectivity index (χ4v) is 3.58. The van der Waals surface area contributed by atoms with Crippen molar-refractivity contribution in [3.63, 3.8) is 0 Å². The molecule has 0 bridgehead atoms. The van der Waals surface area contributed by atoms with Gasteiger partial charge in [0.1, 0.15) is 5.75 Å². The molecule has 0 amide bonds. The van der Waals surface area contributed by atoms with Gasteiger partial charge in [0.2, 0.25) is 0 Å². The zero-order chi connectivity index (χ0) is 19.1. The predicted octanol–water partition coefficient (Wildman–Crippen LogP) is 6.16. The molecular weight excluding hydrogens is 417 g/mol. The van der Waals surface area contributed by atoms with Crippen LogP contribution >= 0.6 is 36.4 Å². The minimum Gasteiger partial charge on any atom is -0.495 e. The molecule has 0 atom stereocenters. The van der Waals surface area contributed by atoms with Crippen LogP contribution in [0.15, 0.2) is 24.4 Å². The molecule has 1 aromatic heterocycles. The third kappa shape index (κ3) is 7.82. The van der Waals surface area contributed by atoms with Crippen molar-refractivity contribution < 1.29 is 4.74 Å². The number of anilines is 1. The molecule has 160 valence electrons. The van der Waals surface area contributed by atoms with E-state index in [-0.39, 0.29) is 24.8 Å². The van der Waals surface area contributed by atoms with Crippen LogP contribution in [-0.4, -0.2) is 43.2 Å². The summed E-state index contributed by atoms with van der Waals surface area (Å²) in [4.78, 5) is 7.06. The van der Waals surface area contributed by atoms with E-state index in [1.807, 2.05) is 18.2 Å². The van der Waals surface area contributed by atoms with Gasteiger partial charge in [-0.3, -0.25) is 4.98 Å². The summed E-state index contributed by atoms with van der Waals surface area (Å²) in [5, 5.41) is 5.05. The number of nitrogens with zero attached hydrogens (tertiary/aromatic N) is 2. The maximum absolute atomic E-state index is 6.41. The van der Waals surface area contributed by atoms with Crippen molar-refractivity contribution in [3.8, 4) is 5.75 Å². The van der Waals surface area contributed by atoms with Gasteiger partial charge < -0.3 is 15.0 Å². The highest BCUT2D eigenvalue weighted by Gasteiger charge is 2.12. The number of aromatic nitrogens is 1. The lowest BCUT2D eigenvalue weighted by atomic mass is 10.1. The summed E-state index contributed by atoms with van der Waals surface area (Å²) in [6.07, 6.45) is 2.88. The monoisotopic (exact) mass is 449 g/mol. The molecule has 0 radical (unpaired) electrons. The Morgan fingerprint density at radius 2 is 1.79 bits per heavy atom. The normalized spacial score (nSPS) is 10.9. The molecule has 7 heteroatoms. The number of benzene rings is 1. The number of rotatable bonds is 10. The van der Waals surface area contributed by atoms with E-state index in [1.54, 1.807) is 13.3 Å². The summed E-state index contributed by atoms with van der Waals surface area (Å²) in [5.41, 5.74) is 1.86. The summed E-state index contributed by atoms with van der Waals surface area (Å²) < 4.78 is 5.42. The molecule has 4 nitrogen and oxygen atoms in total. The molecule has 2 aromatic rings. The Hall–Kier alpha value is -0.940. The van der Waals surface area contributed by atoms with E-state index in [2.05, 4.69) is 42.9 Å². The minimum absolute atomic E-state index is 0. The van der Waals surface area contributed by atoms with Gasteiger partial charge in [-0.1, -0.05) is 39.3 Å². The number of nitrogens with one attached hydrogen (secondary N) is 1. The van der Waals surface area contributed by atoms with Crippen LogP contribution in [0.4, 0.5) is 5.69 Å². The number of pyridine rings is 1. The number of methoxy groups -OCH3 is 1. The first kappa shape index (κ1) is 27.1. The average molecular weight is 451 g/mol. The SMILES string of the molecule is COc1cc(NCCCN(CC(C)C)CC(C)C)c2ncccc2c1Cl.Cl.Cl. The van der Waals surface area contributed by atoms with Gasteiger partial charge in [-0.15, -0.1) is 24.8 Å². The second kappa shape index (κ2) is 13.3. The summed E-state index contributed by atoms with van der Waals surface area (Å²) in [7, 11) is 1.64. The second-order valence-corrected chi connectivity index (χ2v) is 8.05.